The third-order valence-electron chi connectivity index (χ3n) is 2.56. The van der Waals surface area contributed by atoms with E-state index >= 15 is 0 Å². The van der Waals surface area contributed by atoms with Crippen LogP contribution in [-0.2, 0) is 0 Å². The second kappa shape index (κ2) is 7.49. The van der Waals surface area contributed by atoms with Gasteiger partial charge in [0.25, 0.3) is 0 Å². The highest BCUT2D eigenvalue weighted by Crippen LogP contribution is 2.21. The van der Waals surface area contributed by atoms with E-state index in [1.165, 1.54) is 25.7 Å². The molecule has 0 aliphatic rings. The highest BCUT2D eigenvalue weighted by atomic mass is 35.5. The Morgan fingerprint density at radius 3 is 2.43 bits per heavy atom. The van der Waals surface area contributed by atoms with Gasteiger partial charge in [-0.1, -0.05) is 19.8 Å². The van der Waals surface area contributed by atoms with Gasteiger partial charge in [0.2, 0.25) is 0 Å². The van der Waals surface area contributed by atoms with E-state index in [0.29, 0.717) is 0 Å². The molecule has 0 aromatic rings. The maximum absolute atomic E-state index is 5.66. The molecule has 0 saturated carbocycles. The average molecular weight is 222 g/mol. The van der Waals surface area contributed by atoms with Gasteiger partial charge in [0.15, 0.2) is 0 Å². The smallest absolute Gasteiger partial charge is 0.0739 e. The molecule has 0 fully saturated rings. The molecule has 0 aliphatic carbocycles. The maximum Gasteiger partial charge on any atom is 0.0739 e. The zero-order valence-corrected chi connectivity index (χ0v) is 10.7. The summed E-state index contributed by atoms with van der Waals surface area (Å²) in [4.78, 5) is 2.84. The predicted octanol–water partition coefficient (Wildman–Crippen LogP) is 2.34. The van der Waals surface area contributed by atoms with E-state index < -0.39 is 0 Å². The topological polar surface area (TPSA) is 39.7 Å². The lowest BCUT2D eigenvalue weighted by Crippen LogP contribution is -2.50. The molecule has 0 aliphatic heterocycles. The lowest BCUT2D eigenvalue weighted by molar-refractivity contribution is -0.368. The van der Waals surface area contributed by atoms with Crippen LogP contribution >= 0.6 is 11.8 Å². The van der Waals surface area contributed by atoms with Crippen LogP contribution in [0.2, 0.25) is 0 Å². The minimum atomic E-state index is 0.0628. The van der Waals surface area contributed by atoms with Gasteiger partial charge in [0.05, 0.1) is 6.54 Å². The minimum absolute atomic E-state index is 0.0628. The Labute approximate surface area is 93.7 Å². The van der Waals surface area contributed by atoms with Crippen molar-refractivity contribution in [3.8, 4) is 0 Å². The average Bonchev–Trinajstić information content (AvgIpc) is 2.12. The Morgan fingerprint density at radius 1 is 1.29 bits per heavy atom. The molecule has 0 aromatic carbocycles. The van der Waals surface area contributed by atoms with Crippen molar-refractivity contribution < 1.29 is 5.73 Å². The van der Waals surface area contributed by atoms with Crippen molar-refractivity contribution in [2.75, 3.05) is 6.54 Å². The lowest BCUT2D eigenvalue weighted by atomic mass is 9.89. The first kappa shape index (κ1) is 14.2. The van der Waals surface area contributed by atoms with E-state index in [9.17, 15) is 0 Å². The number of halogens is 1. The van der Waals surface area contributed by atoms with E-state index in [1.807, 2.05) is 0 Å². The number of nitrogens with one attached hydrogen (secondary N) is 1. The fraction of sp³-hybridized carbons (Fsp3) is 1.00. The Balaban J connectivity index is 3.49. The monoisotopic (exact) mass is 221 g/mol. The molecule has 1 unspecified atom stereocenters. The van der Waals surface area contributed by atoms with Crippen LogP contribution < -0.4 is 10.6 Å². The molecule has 86 valence electrons. The zero-order chi connectivity index (χ0) is 11.0. The van der Waals surface area contributed by atoms with Crippen molar-refractivity contribution in [1.82, 2.24) is 4.84 Å². The third-order valence-corrected chi connectivity index (χ3v) is 3.07. The summed E-state index contributed by atoms with van der Waals surface area (Å²) in [5, 5.41) is 0. The van der Waals surface area contributed by atoms with Crippen molar-refractivity contribution in [2.45, 2.75) is 58.4 Å². The molecule has 0 bridgehead atoms. The van der Waals surface area contributed by atoms with Gasteiger partial charge in [-0.15, -0.1) is 0 Å². The van der Waals surface area contributed by atoms with Crippen LogP contribution in [0, 0.1) is 5.92 Å². The second-order valence-electron chi connectivity index (χ2n) is 4.99. The number of unbranched alkanes of at least 4 members (excludes halogenated alkanes) is 2. The predicted molar refractivity (Wildman–Crippen MR) is 63.1 cm³/mol. The molecule has 0 heterocycles. The largest absolute Gasteiger partial charge is 0.358 e. The molecule has 1 atom stereocenters. The van der Waals surface area contributed by atoms with Crippen molar-refractivity contribution in [2.24, 2.45) is 5.92 Å². The standard InChI is InChI=1S/C11H25ClN2/c1-10(7-5-4-6-8-13)9-11(2,3)14-12/h10,14H,4-9,13H2,1-3H3/p+1. The maximum atomic E-state index is 5.66. The van der Waals surface area contributed by atoms with E-state index in [4.69, 9.17) is 11.8 Å². The van der Waals surface area contributed by atoms with Crippen LogP contribution in [0.4, 0.5) is 0 Å². The molecule has 2 nitrogen and oxygen atoms in total. The third kappa shape index (κ3) is 7.60. The van der Waals surface area contributed by atoms with Gasteiger partial charge in [-0.25, -0.2) is 4.84 Å². The van der Waals surface area contributed by atoms with Crippen LogP contribution in [0.3, 0.4) is 0 Å². The molecule has 4 N–H and O–H groups in total. The van der Waals surface area contributed by atoms with Gasteiger partial charge in [0.1, 0.15) is 0 Å². The summed E-state index contributed by atoms with van der Waals surface area (Å²) < 4.78 is 0. The van der Waals surface area contributed by atoms with E-state index in [2.05, 4.69) is 31.3 Å². The second-order valence-corrected chi connectivity index (χ2v) is 5.18. The van der Waals surface area contributed by atoms with Crippen molar-refractivity contribution in [1.29, 1.82) is 0 Å². The summed E-state index contributed by atoms with van der Waals surface area (Å²) in [6.45, 7) is 7.67. The van der Waals surface area contributed by atoms with Gasteiger partial charge in [-0.3, -0.25) is 0 Å². The number of hydrogen-bond acceptors (Lipinski definition) is 1. The molecule has 0 amide bonds. The normalized spacial score (nSPS) is 14.4. The zero-order valence-electron chi connectivity index (χ0n) is 9.91. The van der Waals surface area contributed by atoms with Crippen molar-refractivity contribution in [3.63, 3.8) is 0 Å². The fourth-order valence-electron chi connectivity index (χ4n) is 1.86. The van der Waals surface area contributed by atoms with Crippen molar-refractivity contribution >= 4 is 11.8 Å². The summed E-state index contributed by atoms with van der Waals surface area (Å²) in [6, 6.07) is 0. The van der Waals surface area contributed by atoms with Gasteiger partial charge < -0.3 is 5.73 Å². The number of hydrogen-bond donors (Lipinski definition) is 2. The molecule has 0 rings (SSSR count). The minimum Gasteiger partial charge on any atom is -0.358 e. The number of rotatable bonds is 8. The fourth-order valence-corrected chi connectivity index (χ4v) is 1.94. The highest BCUT2D eigenvalue weighted by molar-refractivity contribution is 6.13. The van der Waals surface area contributed by atoms with Crippen LogP contribution in [0.25, 0.3) is 0 Å². The summed E-state index contributed by atoms with van der Waals surface area (Å²) in [5.74, 6) is 0.751. The molecular formula is C11H26ClN2+. The first-order valence-electron chi connectivity index (χ1n) is 5.69. The molecule has 3 heteroatoms. The van der Waals surface area contributed by atoms with E-state index in [0.717, 1.165) is 18.9 Å². The lowest BCUT2D eigenvalue weighted by Gasteiger charge is -2.26. The molecule has 0 radical (unpaired) electrons. The molecule has 14 heavy (non-hydrogen) atoms. The SMILES string of the molecule is CC(CCCCC[NH3+])CC(C)(C)NCl. The Hall–Kier alpha value is 0.210. The molecule has 0 aromatic heterocycles. The van der Waals surface area contributed by atoms with E-state index in [1.54, 1.807) is 0 Å². The summed E-state index contributed by atoms with van der Waals surface area (Å²) in [7, 11) is 0. The van der Waals surface area contributed by atoms with Gasteiger partial charge in [0, 0.05) is 5.54 Å². The Bertz CT molecular complexity index is 137. The van der Waals surface area contributed by atoms with Crippen molar-refractivity contribution in [3.05, 3.63) is 0 Å². The van der Waals surface area contributed by atoms with Crippen LogP contribution in [0.1, 0.15) is 52.9 Å². The summed E-state index contributed by atoms with van der Waals surface area (Å²) in [5.41, 5.74) is 3.91. The Kier molecular flexibility index (Phi) is 7.61. The first-order chi connectivity index (χ1) is 6.52. The van der Waals surface area contributed by atoms with Crippen LogP contribution in [0.5, 0.6) is 0 Å². The quantitative estimate of drug-likeness (QED) is 0.480. The summed E-state index contributed by atoms with van der Waals surface area (Å²) in [6.07, 6.45) is 6.37. The number of quaternary nitrogens is 1. The van der Waals surface area contributed by atoms with Gasteiger partial charge in [-0.05, 0) is 50.8 Å². The molecular weight excluding hydrogens is 196 g/mol. The van der Waals surface area contributed by atoms with Gasteiger partial charge in [-0.2, -0.15) is 0 Å². The van der Waals surface area contributed by atoms with E-state index in [-0.39, 0.29) is 5.54 Å². The van der Waals surface area contributed by atoms with Gasteiger partial charge >= 0.3 is 0 Å². The molecule has 0 saturated heterocycles. The van der Waals surface area contributed by atoms with Crippen LogP contribution in [0.15, 0.2) is 0 Å². The first-order valence-corrected chi connectivity index (χ1v) is 6.06. The van der Waals surface area contributed by atoms with Crippen LogP contribution in [-0.4, -0.2) is 12.1 Å². The Morgan fingerprint density at radius 2 is 1.93 bits per heavy atom. The highest BCUT2D eigenvalue weighted by Gasteiger charge is 2.19. The summed E-state index contributed by atoms with van der Waals surface area (Å²) >= 11 is 5.66. The molecule has 0 spiro atoms.